The van der Waals surface area contributed by atoms with Gasteiger partial charge in [-0.05, 0) is 32.4 Å². The highest BCUT2D eigenvalue weighted by atomic mass is 32.2. The van der Waals surface area contributed by atoms with Crippen LogP contribution < -0.4 is 10.3 Å². The molecule has 0 aromatic carbocycles. The normalized spacial score (nSPS) is 12.5. The number of rotatable bonds is 5. The molecule has 6 nitrogen and oxygen atoms in total. The molecule has 0 atom stereocenters. The molecule has 22 heavy (non-hydrogen) atoms. The Kier molecular flexibility index (Phi) is 4.55. The van der Waals surface area contributed by atoms with E-state index < -0.39 is 15.6 Å². The van der Waals surface area contributed by atoms with Crippen molar-refractivity contribution in [3.8, 4) is 11.3 Å². The van der Waals surface area contributed by atoms with Gasteiger partial charge in [-0.25, -0.2) is 17.8 Å². The maximum absolute atomic E-state index is 12.4. The number of nitrogens with one attached hydrogen (secondary N) is 1. The van der Waals surface area contributed by atoms with Gasteiger partial charge in [-0.1, -0.05) is 6.92 Å². The van der Waals surface area contributed by atoms with E-state index in [1.54, 1.807) is 24.6 Å². The molecule has 0 radical (unpaired) electrons. The van der Waals surface area contributed by atoms with Crippen LogP contribution in [0.3, 0.4) is 0 Å². The van der Waals surface area contributed by atoms with Gasteiger partial charge < -0.3 is 0 Å². The van der Waals surface area contributed by atoms with Gasteiger partial charge in [-0.15, -0.1) is 11.3 Å². The molecule has 2 heterocycles. The van der Waals surface area contributed by atoms with Crippen molar-refractivity contribution >= 4 is 21.4 Å². The number of sulfonamides is 1. The van der Waals surface area contributed by atoms with E-state index in [9.17, 15) is 13.2 Å². The van der Waals surface area contributed by atoms with Crippen molar-refractivity contribution in [1.82, 2.24) is 14.5 Å². The Balaban J connectivity index is 2.35. The van der Waals surface area contributed by atoms with Crippen LogP contribution in [0.4, 0.5) is 0 Å². The smallest absolute Gasteiger partial charge is 0.266 e. The Morgan fingerprint density at radius 1 is 1.36 bits per heavy atom. The SMILES string of the molecule is CCC(C)(C)NS(=O)(=O)c1cc(-c2ccc(=O)n(C)n2)cs1. The molecular formula is C14H19N3O3S2. The first-order valence-electron chi connectivity index (χ1n) is 6.82. The van der Waals surface area contributed by atoms with Crippen molar-refractivity contribution in [2.45, 2.75) is 36.9 Å². The van der Waals surface area contributed by atoms with E-state index in [0.717, 1.165) is 11.3 Å². The highest BCUT2D eigenvalue weighted by molar-refractivity contribution is 7.91. The van der Waals surface area contributed by atoms with Crippen molar-refractivity contribution in [3.05, 3.63) is 33.9 Å². The maximum Gasteiger partial charge on any atom is 0.266 e. The lowest BCUT2D eigenvalue weighted by atomic mass is 10.0. The maximum atomic E-state index is 12.4. The summed E-state index contributed by atoms with van der Waals surface area (Å²) in [5.74, 6) is 0. The lowest BCUT2D eigenvalue weighted by Crippen LogP contribution is -2.42. The first-order chi connectivity index (χ1) is 10.1. The number of hydrogen-bond acceptors (Lipinski definition) is 5. The Bertz CT molecular complexity index is 835. The standard InChI is InChI=1S/C14H19N3O3S2/c1-5-14(2,3)16-22(19,20)13-8-10(9-21-13)11-6-7-12(18)17(4)15-11/h6-9,16H,5H2,1-4H3. The lowest BCUT2D eigenvalue weighted by Gasteiger charge is -2.23. The molecule has 0 aliphatic carbocycles. The molecule has 0 aliphatic heterocycles. The number of thiophene rings is 1. The number of nitrogens with zero attached hydrogens (tertiary/aromatic N) is 2. The predicted molar refractivity (Wildman–Crippen MR) is 87.5 cm³/mol. The molecule has 0 amide bonds. The summed E-state index contributed by atoms with van der Waals surface area (Å²) >= 11 is 1.13. The minimum atomic E-state index is -3.56. The fraction of sp³-hybridized carbons (Fsp3) is 0.429. The Hall–Kier alpha value is -1.51. The van der Waals surface area contributed by atoms with E-state index >= 15 is 0 Å². The lowest BCUT2D eigenvalue weighted by molar-refractivity contribution is 0.440. The number of hydrogen-bond donors (Lipinski definition) is 1. The molecule has 8 heteroatoms. The Morgan fingerprint density at radius 2 is 2.05 bits per heavy atom. The predicted octanol–water partition coefficient (Wildman–Crippen LogP) is 1.98. The summed E-state index contributed by atoms with van der Waals surface area (Å²) in [5.41, 5.74) is 0.528. The third-order valence-corrected chi connectivity index (χ3v) is 6.53. The summed E-state index contributed by atoms with van der Waals surface area (Å²) < 4.78 is 28.9. The van der Waals surface area contributed by atoms with Crippen LogP contribution in [0.25, 0.3) is 11.3 Å². The summed E-state index contributed by atoms with van der Waals surface area (Å²) in [7, 11) is -2.01. The van der Waals surface area contributed by atoms with E-state index in [-0.39, 0.29) is 9.77 Å². The van der Waals surface area contributed by atoms with Crippen LogP contribution in [0.15, 0.2) is 32.6 Å². The zero-order chi connectivity index (χ0) is 16.5. The van der Waals surface area contributed by atoms with Gasteiger partial charge in [0.05, 0.1) is 5.69 Å². The van der Waals surface area contributed by atoms with Gasteiger partial charge in [-0.2, -0.15) is 5.10 Å². The second kappa shape index (κ2) is 5.94. The summed E-state index contributed by atoms with van der Waals surface area (Å²) in [6.45, 7) is 5.61. The van der Waals surface area contributed by atoms with Crippen LogP contribution in [0.5, 0.6) is 0 Å². The Morgan fingerprint density at radius 3 is 2.64 bits per heavy atom. The Labute approximate surface area is 133 Å². The van der Waals surface area contributed by atoms with Gasteiger partial charge in [0.2, 0.25) is 0 Å². The van der Waals surface area contributed by atoms with E-state index in [1.165, 1.54) is 10.7 Å². The first-order valence-corrected chi connectivity index (χ1v) is 9.18. The van der Waals surface area contributed by atoms with Crippen molar-refractivity contribution in [1.29, 1.82) is 0 Å². The van der Waals surface area contributed by atoms with Crippen molar-refractivity contribution in [2.24, 2.45) is 7.05 Å². The molecule has 0 aliphatic rings. The summed E-state index contributed by atoms with van der Waals surface area (Å²) in [6, 6.07) is 4.57. The molecule has 0 saturated carbocycles. The fourth-order valence-corrected chi connectivity index (χ4v) is 4.39. The second-order valence-electron chi connectivity index (χ2n) is 5.68. The third kappa shape index (κ3) is 3.63. The average molecular weight is 341 g/mol. The van der Waals surface area contributed by atoms with Crippen molar-refractivity contribution in [2.75, 3.05) is 0 Å². The van der Waals surface area contributed by atoms with Crippen LogP contribution in [0.2, 0.25) is 0 Å². The molecule has 1 N–H and O–H groups in total. The van der Waals surface area contributed by atoms with Crippen LogP contribution in [0.1, 0.15) is 27.2 Å². The van der Waals surface area contributed by atoms with E-state index in [4.69, 9.17) is 0 Å². The summed E-state index contributed by atoms with van der Waals surface area (Å²) in [5, 5.41) is 5.85. The van der Waals surface area contributed by atoms with Gasteiger partial charge in [0, 0.05) is 29.6 Å². The second-order valence-corrected chi connectivity index (χ2v) is 8.50. The zero-order valence-electron chi connectivity index (χ0n) is 13.0. The van der Waals surface area contributed by atoms with Crippen molar-refractivity contribution in [3.63, 3.8) is 0 Å². The minimum absolute atomic E-state index is 0.210. The number of aromatic nitrogens is 2. The fourth-order valence-electron chi connectivity index (χ4n) is 1.73. The van der Waals surface area contributed by atoms with Crippen LogP contribution >= 0.6 is 11.3 Å². The van der Waals surface area contributed by atoms with Gasteiger partial charge in [-0.3, -0.25) is 4.79 Å². The van der Waals surface area contributed by atoms with Crippen LogP contribution in [0, 0.1) is 0 Å². The number of aryl methyl sites for hydroxylation is 1. The molecule has 120 valence electrons. The molecule has 2 rings (SSSR count). The largest absolute Gasteiger partial charge is 0.268 e. The van der Waals surface area contributed by atoms with Gasteiger partial charge in [0.1, 0.15) is 4.21 Å². The molecule has 0 saturated heterocycles. The summed E-state index contributed by atoms with van der Waals surface area (Å²) in [6.07, 6.45) is 0.687. The molecule has 0 spiro atoms. The average Bonchev–Trinajstić information content (AvgIpc) is 2.91. The zero-order valence-corrected chi connectivity index (χ0v) is 14.6. The van der Waals surface area contributed by atoms with E-state index in [0.29, 0.717) is 17.7 Å². The first kappa shape index (κ1) is 16.9. The van der Waals surface area contributed by atoms with Gasteiger partial charge >= 0.3 is 0 Å². The monoisotopic (exact) mass is 341 g/mol. The van der Waals surface area contributed by atoms with Crippen molar-refractivity contribution < 1.29 is 8.42 Å². The highest BCUT2D eigenvalue weighted by Crippen LogP contribution is 2.27. The van der Waals surface area contributed by atoms with E-state index in [1.807, 2.05) is 20.8 Å². The summed E-state index contributed by atoms with van der Waals surface area (Å²) in [4.78, 5) is 11.4. The van der Waals surface area contributed by atoms with Gasteiger partial charge in [0.25, 0.3) is 15.6 Å². The molecule has 0 unspecified atom stereocenters. The van der Waals surface area contributed by atoms with Crippen LogP contribution in [-0.4, -0.2) is 23.7 Å². The minimum Gasteiger partial charge on any atom is -0.268 e. The highest BCUT2D eigenvalue weighted by Gasteiger charge is 2.26. The topological polar surface area (TPSA) is 81.1 Å². The van der Waals surface area contributed by atoms with E-state index in [2.05, 4.69) is 9.82 Å². The van der Waals surface area contributed by atoms with Gasteiger partial charge in [0.15, 0.2) is 0 Å². The quantitative estimate of drug-likeness (QED) is 0.901. The molecule has 0 fully saturated rings. The molecule has 0 bridgehead atoms. The third-order valence-electron chi connectivity index (χ3n) is 3.39. The van der Waals surface area contributed by atoms with Crippen LogP contribution in [-0.2, 0) is 17.1 Å². The molecule has 2 aromatic heterocycles. The molecule has 2 aromatic rings. The molecular weight excluding hydrogens is 322 g/mol.